The van der Waals surface area contributed by atoms with Crippen LogP contribution in [0.25, 0.3) is 5.76 Å². The maximum atomic E-state index is 12.4. The van der Waals surface area contributed by atoms with Crippen LogP contribution in [0.4, 0.5) is 0 Å². The highest BCUT2D eigenvalue weighted by molar-refractivity contribution is 6.52. The van der Waals surface area contributed by atoms with Gasteiger partial charge in [0.25, 0.3) is 0 Å². The zero-order valence-electron chi connectivity index (χ0n) is 14.0. The fraction of sp³-hybridized carbons (Fsp3) is 0.273. The molecule has 0 bridgehead atoms. The number of aryl methyl sites for hydroxylation is 3. The fourth-order valence-corrected chi connectivity index (χ4v) is 3.86. The van der Waals surface area contributed by atoms with Gasteiger partial charge in [-0.25, -0.2) is 0 Å². The van der Waals surface area contributed by atoms with Gasteiger partial charge in [-0.05, 0) is 55.2 Å². The summed E-state index contributed by atoms with van der Waals surface area (Å²) in [6, 6.07) is 13.2. The first-order chi connectivity index (χ1) is 12.1. The molecule has 1 N–H and O–H groups in total. The number of Topliss-reactive ketones (excluding diaryl/α,β-unsaturated/α-hetero) is 2. The van der Waals surface area contributed by atoms with Crippen molar-refractivity contribution < 1.29 is 14.7 Å². The lowest BCUT2D eigenvalue weighted by Crippen LogP contribution is -2.24. The molecule has 25 heavy (non-hydrogen) atoms. The molecule has 2 aromatic rings. The first-order valence-electron chi connectivity index (χ1n) is 8.86. The van der Waals surface area contributed by atoms with Gasteiger partial charge in [-0.3, -0.25) is 9.59 Å². The number of hydrogen-bond acceptors (Lipinski definition) is 3. The Bertz CT molecular complexity index is 905. The van der Waals surface area contributed by atoms with Gasteiger partial charge in [0.1, 0.15) is 5.76 Å². The molecule has 2 aliphatic rings. The number of carbonyl (C=O) groups is 2. The molecule has 0 unspecified atom stereocenters. The number of carbonyl (C=O) groups excluding carboxylic acids is 2. The summed E-state index contributed by atoms with van der Waals surface area (Å²) in [4.78, 5) is 24.7. The summed E-state index contributed by atoms with van der Waals surface area (Å²) in [5.74, 6) is -1.14. The molecule has 0 saturated carbocycles. The normalized spacial score (nSPS) is 16.6. The summed E-state index contributed by atoms with van der Waals surface area (Å²) in [6.07, 6.45) is 5.76. The van der Waals surface area contributed by atoms with Crippen LogP contribution >= 0.6 is 0 Å². The SMILES string of the molecule is O=C1C(=O)c2ccccc2C(O)=C1CCc1ccc2c(c1)CCCC2. The standard InChI is InChI=1S/C22H20O3/c23-20-17-7-3-4-8-18(17)21(24)22(25)19(20)12-10-14-9-11-15-5-1-2-6-16(15)13-14/h3-4,7-9,11,13,23H,1-2,5-6,10,12H2. The van der Waals surface area contributed by atoms with E-state index in [2.05, 4.69) is 18.2 Å². The lowest BCUT2D eigenvalue weighted by atomic mass is 9.85. The van der Waals surface area contributed by atoms with Crippen molar-refractivity contribution in [2.75, 3.05) is 0 Å². The number of fused-ring (bicyclic) bond motifs is 2. The van der Waals surface area contributed by atoms with Crippen molar-refractivity contribution in [3.63, 3.8) is 0 Å². The second-order valence-corrected chi connectivity index (χ2v) is 6.84. The minimum atomic E-state index is -0.575. The van der Waals surface area contributed by atoms with E-state index in [1.165, 1.54) is 24.0 Å². The van der Waals surface area contributed by atoms with Gasteiger partial charge in [0.15, 0.2) is 0 Å². The van der Waals surface area contributed by atoms with Crippen LogP contribution in [0.5, 0.6) is 0 Å². The third-order valence-corrected chi connectivity index (χ3v) is 5.27. The molecule has 0 radical (unpaired) electrons. The van der Waals surface area contributed by atoms with Gasteiger partial charge in [0.2, 0.25) is 11.6 Å². The number of ketones is 2. The van der Waals surface area contributed by atoms with E-state index >= 15 is 0 Å². The van der Waals surface area contributed by atoms with Gasteiger partial charge in [-0.2, -0.15) is 0 Å². The second kappa shape index (κ2) is 6.32. The van der Waals surface area contributed by atoms with E-state index in [4.69, 9.17) is 0 Å². The quantitative estimate of drug-likeness (QED) is 0.856. The first kappa shape index (κ1) is 15.8. The van der Waals surface area contributed by atoms with Crippen LogP contribution in [0.2, 0.25) is 0 Å². The molecule has 0 saturated heterocycles. The Balaban J connectivity index is 1.60. The van der Waals surface area contributed by atoms with Gasteiger partial charge < -0.3 is 5.11 Å². The Morgan fingerprint density at radius 3 is 2.32 bits per heavy atom. The molecule has 3 nitrogen and oxygen atoms in total. The summed E-state index contributed by atoms with van der Waals surface area (Å²) in [6.45, 7) is 0. The molecule has 0 aliphatic heterocycles. The summed E-state index contributed by atoms with van der Waals surface area (Å²) >= 11 is 0. The van der Waals surface area contributed by atoms with Gasteiger partial charge in [-0.15, -0.1) is 0 Å². The summed E-state index contributed by atoms with van der Waals surface area (Å²) in [5, 5.41) is 10.5. The van der Waals surface area contributed by atoms with Gasteiger partial charge >= 0.3 is 0 Å². The van der Waals surface area contributed by atoms with Crippen LogP contribution in [-0.4, -0.2) is 16.7 Å². The predicted molar refractivity (Wildman–Crippen MR) is 96.7 cm³/mol. The smallest absolute Gasteiger partial charge is 0.234 e. The van der Waals surface area contributed by atoms with Crippen molar-refractivity contribution in [3.8, 4) is 0 Å². The van der Waals surface area contributed by atoms with Crippen LogP contribution in [0, 0.1) is 0 Å². The molecule has 2 aliphatic carbocycles. The van der Waals surface area contributed by atoms with Crippen molar-refractivity contribution >= 4 is 17.3 Å². The Hall–Kier alpha value is -2.68. The number of rotatable bonds is 3. The van der Waals surface area contributed by atoms with Crippen molar-refractivity contribution in [3.05, 3.63) is 75.9 Å². The Morgan fingerprint density at radius 2 is 1.52 bits per heavy atom. The van der Waals surface area contributed by atoms with Gasteiger partial charge in [0, 0.05) is 16.7 Å². The lowest BCUT2D eigenvalue weighted by molar-refractivity contribution is -0.112. The molecule has 3 heteroatoms. The van der Waals surface area contributed by atoms with E-state index in [0.29, 0.717) is 24.0 Å². The van der Waals surface area contributed by atoms with Crippen molar-refractivity contribution in [1.29, 1.82) is 0 Å². The average molecular weight is 332 g/mol. The van der Waals surface area contributed by atoms with Gasteiger partial charge in [0.05, 0.1) is 0 Å². The maximum Gasteiger partial charge on any atom is 0.234 e. The third kappa shape index (κ3) is 2.80. The van der Waals surface area contributed by atoms with Crippen LogP contribution in [0.15, 0.2) is 48.0 Å². The summed E-state index contributed by atoms with van der Waals surface area (Å²) < 4.78 is 0. The van der Waals surface area contributed by atoms with Crippen LogP contribution in [-0.2, 0) is 24.1 Å². The van der Waals surface area contributed by atoms with Crippen molar-refractivity contribution in [1.82, 2.24) is 0 Å². The van der Waals surface area contributed by atoms with E-state index in [1.54, 1.807) is 24.3 Å². The molecule has 4 rings (SSSR count). The molecule has 0 fully saturated rings. The van der Waals surface area contributed by atoms with Crippen LogP contribution < -0.4 is 0 Å². The van der Waals surface area contributed by atoms with Crippen LogP contribution in [0.3, 0.4) is 0 Å². The highest BCUT2D eigenvalue weighted by Gasteiger charge is 2.32. The Morgan fingerprint density at radius 1 is 0.800 bits per heavy atom. The molecule has 0 spiro atoms. The number of allylic oxidation sites excluding steroid dienone is 1. The van der Waals surface area contributed by atoms with Gasteiger partial charge in [-0.1, -0.05) is 42.5 Å². The minimum Gasteiger partial charge on any atom is -0.507 e. The summed E-state index contributed by atoms with van der Waals surface area (Å²) in [7, 11) is 0. The molecule has 2 aromatic carbocycles. The zero-order chi connectivity index (χ0) is 17.4. The number of hydrogen-bond donors (Lipinski definition) is 1. The Labute approximate surface area is 147 Å². The topological polar surface area (TPSA) is 54.4 Å². The molecule has 0 heterocycles. The largest absolute Gasteiger partial charge is 0.507 e. The molecular formula is C22H20O3. The molecule has 0 atom stereocenters. The Kier molecular flexibility index (Phi) is 4.00. The molecule has 126 valence electrons. The van der Waals surface area contributed by atoms with E-state index in [-0.39, 0.29) is 11.3 Å². The van der Waals surface area contributed by atoms with E-state index in [9.17, 15) is 14.7 Å². The second-order valence-electron chi connectivity index (χ2n) is 6.84. The molecule has 0 aromatic heterocycles. The molecular weight excluding hydrogens is 312 g/mol. The lowest BCUT2D eigenvalue weighted by Gasteiger charge is -2.19. The summed E-state index contributed by atoms with van der Waals surface area (Å²) in [5.41, 5.74) is 4.98. The number of aliphatic hydroxyl groups is 1. The number of benzene rings is 2. The highest BCUT2D eigenvalue weighted by atomic mass is 16.3. The van der Waals surface area contributed by atoms with E-state index in [0.717, 1.165) is 18.4 Å². The predicted octanol–water partition coefficient (Wildman–Crippen LogP) is 4.23. The van der Waals surface area contributed by atoms with Crippen LogP contribution in [0.1, 0.15) is 51.9 Å². The van der Waals surface area contributed by atoms with Crippen molar-refractivity contribution in [2.45, 2.75) is 38.5 Å². The monoisotopic (exact) mass is 332 g/mol. The number of aliphatic hydroxyl groups excluding tert-OH is 1. The van der Waals surface area contributed by atoms with Crippen molar-refractivity contribution in [2.24, 2.45) is 0 Å². The van der Waals surface area contributed by atoms with E-state index in [1.807, 2.05) is 0 Å². The average Bonchev–Trinajstić information content (AvgIpc) is 2.66. The first-order valence-corrected chi connectivity index (χ1v) is 8.86. The maximum absolute atomic E-state index is 12.4. The zero-order valence-corrected chi connectivity index (χ0v) is 14.0. The minimum absolute atomic E-state index is 0.0434. The highest BCUT2D eigenvalue weighted by Crippen LogP contribution is 2.30. The molecule has 0 amide bonds. The fourth-order valence-electron chi connectivity index (χ4n) is 3.86. The third-order valence-electron chi connectivity index (χ3n) is 5.27. The van der Waals surface area contributed by atoms with E-state index < -0.39 is 11.6 Å².